The molecule has 38 heavy (non-hydrogen) atoms. The Morgan fingerprint density at radius 3 is 2.71 bits per heavy atom. The number of aromatic nitrogens is 2. The number of halogens is 3. The van der Waals surface area contributed by atoms with Crippen molar-refractivity contribution >= 4 is 38.7 Å². The lowest BCUT2D eigenvalue weighted by atomic mass is 10.1. The number of nitrogens with one attached hydrogen (secondary N) is 1. The fourth-order valence-electron chi connectivity index (χ4n) is 5.79. The predicted molar refractivity (Wildman–Crippen MR) is 147 cm³/mol. The molecule has 1 N–H and O–H groups in total. The van der Waals surface area contributed by atoms with Crippen LogP contribution < -0.4 is 15.1 Å². The van der Waals surface area contributed by atoms with E-state index in [-0.39, 0.29) is 10.9 Å². The van der Waals surface area contributed by atoms with Crippen LogP contribution in [0.1, 0.15) is 35.3 Å². The Balaban J connectivity index is 1.06. The van der Waals surface area contributed by atoms with Gasteiger partial charge in [-0.15, -0.1) is 11.3 Å². The van der Waals surface area contributed by atoms with Gasteiger partial charge in [-0.25, -0.2) is 9.97 Å². The Bertz CT molecular complexity index is 1420. The van der Waals surface area contributed by atoms with E-state index in [1.165, 1.54) is 28.8 Å². The monoisotopic (exact) mass is 537 g/mol. The summed E-state index contributed by atoms with van der Waals surface area (Å²) in [5.74, 6) is 0.712. The molecule has 198 valence electrons. The SMILES string of the molecule is CN(c1ncnc2sc(CC(F)(F)F)cc12)[C@@H]1CC[C@H](NCc2ccc(N3CCc4ccccc43)cc2)C1. The van der Waals surface area contributed by atoms with Crippen molar-refractivity contribution in [3.63, 3.8) is 0 Å². The molecule has 1 aliphatic heterocycles. The Morgan fingerprint density at radius 2 is 1.89 bits per heavy atom. The van der Waals surface area contributed by atoms with Gasteiger partial charge in [0, 0.05) is 48.5 Å². The van der Waals surface area contributed by atoms with E-state index in [9.17, 15) is 13.2 Å². The van der Waals surface area contributed by atoms with Crippen LogP contribution in [0.25, 0.3) is 10.2 Å². The van der Waals surface area contributed by atoms with Gasteiger partial charge in [0.1, 0.15) is 17.0 Å². The van der Waals surface area contributed by atoms with E-state index in [4.69, 9.17) is 0 Å². The molecule has 2 aromatic carbocycles. The first kappa shape index (κ1) is 25.1. The van der Waals surface area contributed by atoms with Crippen LogP contribution in [0.3, 0.4) is 0 Å². The van der Waals surface area contributed by atoms with Crippen LogP contribution in [-0.2, 0) is 19.4 Å². The van der Waals surface area contributed by atoms with Crippen LogP contribution in [0.4, 0.5) is 30.4 Å². The van der Waals surface area contributed by atoms with Crippen LogP contribution in [0.15, 0.2) is 60.9 Å². The van der Waals surface area contributed by atoms with Crippen molar-refractivity contribution in [2.75, 3.05) is 23.4 Å². The molecular weight excluding hydrogens is 507 g/mol. The summed E-state index contributed by atoms with van der Waals surface area (Å²) in [5, 5.41) is 4.41. The van der Waals surface area contributed by atoms with Crippen molar-refractivity contribution in [3.8, 4) is 0 Å². The number of hydrogen-bond acceptors (Lipinski definition) is 6. The minimum atomic E-state index is -4.23. The third-order valence-electron chi connectivity index (χ3n) is 7.75. The van der Waals surface area contributed by atoms with Crippen molar-refractivity contribution < 1.29 is 13.2 Å². The second-order valence-corrected chi connectivity index (χ2v) is 11.4. The lowest BCUT2D eigenvalue weighted by molar-refractivity contribution is -0.126. The van der Waals surface area contributed by atoms with Crippen molar-refractivity contribution in [3.05, 3.63) is 76.9 Å². The zero-order valence-electron chi connectivity index (χ0n) is 21.2. The number of para-hydroxylation sites is 1. The number of rotatable bonds is 7. The Kier molecular flexibility index (Phi) is 6.74. The Hall–Kier alpha value is -3.17. The number of fused-ring (bicyclic) bond motifs is 2. The lowest BCUT2D eigenvalue weighted by Crippen LogP contribution is -2.33. The van der Waals surface area contributed by atoms with Gasteiger partial charge < -0.3 is 15.1 Å². The summed E-state index contributed by atoms with van der Waals surface area (Å²) in [5.41, 5.74) is 5.19. The molecule has 1 aliphatic carbocycles. The molecule has 0 spiro atoms. The second-order valence-electron chi connectivity index (χ2n) is 10.3. The van der Waals surface area contributed by atoms with Gasteiger partial charge in [0.05, 0.1) is 11.8 Å². The molecule has 0 radical (unpaired) electrons. The van der Waals surface area contributed by atoms with E-state index >= 15 is 0 Å². The smallest absolute Gasteiger partial charge is 0.356 e. The quantitative estimate of drug-likeness (QED) is 0.286. The van der Waals surface area contributed by atoms with Crippen LogP contribution in [0.2, 0.25) is 0 Å². The van der Waals surface area contributed by atoms with Crippen LogP contribution in [0, 0.1) is 0 Å². The molecule has 4 aromatic rings. The lowest BCUT2D eigenvalue weighted by Gasteiger charge is -2.26. The summed E-state index contributed by atoms with van der Waals surface area (Å²) in [4.78, 5) is 14.1. The highest BCUT2D eigenvalue weighted by atomic mass is 32.1. The summed E-state index contributed by atoms with van der Waals surface area (Å²) >= 11 is 1.10. The molecule has 0 bridgehead atoms. The highest BCUT2D eigenvalue weighted by molar-refractivity contribution is 7.18. The topological polar surface area (TPSA) is 44.3 Å². The number of benzene rings is 2. The summed E-state index contributed by atoms with van der Waals surface area (Å²) < 4.78 is 38.7. The zero-order valence-corrected chi connectivity index (χ0v) is 22.0. The van der Waals surface area contributed by atoms with Gasteiger partial charge in [-0.2, -0.15) is 13.2 Å². The second kappa shape index (κ2) is 10.2. The average Bonchev–Trinajstić information content (AvgIpc) is 3.64. The summed E-state index contributed by atoms with van der Waals surface area (Å²) in [6.07, 6.45) is 0.394. The highest BCUT2D eigenvalue weighted by Crippen LogP contribution is 2.36. The molecule has 1 fully saturated rings. The van der Waals surface area contributed by atoms with Crippen molar-refractivity contribution in [1.29, 1.82) is 0 Å². The van der Waals surface area contributed by atoms with E-state index in [0.29, 0.717) is 22.1 Å². The highest BCUT2D eigenvalue weighted by Gasteiger charge is 2.31. The van der Waals surface area contributed by atoms with Gasteiger partial charge in [-0.3, -0.25) is 0 Å². The van der Waals surface area contributed by atoms with E-state index in [0.717, 1.165) is 50.1 Å². The normalized spacial score (nSPS) is 19.3. The molecule has 0 amide bonds. The minimum absolute atomic E-state index is 0.272. The van der Waals surface area contributed by atoms with Crippen molar-refractivity contribution in [2.24, 2.45) is 0 Å². The van der Waals surface area contributed by atoms with Gasteiger partial charge >= 0.3 is 6.18 Å². The van der Waals surface area contributed by atoms with Crippen molar-refractivity contribution in [1.82, 2.24) is 15.3 Å². The fraction of sp³-hybridized carbons (Fsp3) is 0.379. The molecule has 3 heterocycles. The number of anilines is 3. The molecule has 2 aromatic heterocycles. The Morgan fingerprint density at radius 1 is 1.08 bits per heavy atom. The third kappa shape index (κ3) is 5.22. The van der Waals surface area contributed by atoms with E-state index < -0.39 is 12.6 Å². The molecule has 6 rings (SSSR count). The van der Waals surface area contributed by atoms with E-state index in [2.05, 4.69) is 73.6 Å². The van der Waals surface area contributed by atoms with Gasteiger partial charge in [0.25, 0.3) is 0 Å². The number of nitrogens with zero attached hydrogens (tertiary/aromatic N) is 4. The molecule has 0 unspecified atom stereocenters. The minimum Gasteiger partial charge on any atom is -0.356 e. The first-order valence-electron chi connectivity index (χ1n) is 13.0. The first-order chi connectivity index (χ1) is 18.3. The summed E-state index contributed by atoms with van der Waals surface area (Å²) in [7, 11) is 1.99. The predicted octanol–water partition coefficient (Wildman–Crippen LogP) is 6.64. The average molecular weight is 538 g/mol. The fourth-order valence-corrected chi connectivity index (χ4v) is 6.81. The summed E-state index contributed by atoms with van der Waals surface area (Å²) in [6, 6.07) is 19.7. The molecule has 1 saturated carbocycles. The maximum Gasteiger partial charge on any atom is 0.393 e. The number of hydrogen-bond donors (Lipinski definition) is 1. The van der Waals surface area contributed by atoms with Gasteiger partial charge in [-0.05, 0) is 61.1 Å². The van der Waals surface area contributed by atoms with Gasteiger partial charge in [0.2, 0.25) is 0 Å². The Labute approximate surface area is 224 Å². The van der Waals surface area contributed by atoms with Crippen molar-refractivity contribution in [2.45, 2.75) is 56.9 Å². The maximum absolute atomic E-state index is 12.9. The largest absolute Gasteiger partial charge is 0.393 e. The zero-order chi connectivity index (χ0) is 26.3. The van der Waals surface area contributed by atoms with Gasteiger partial charge in [-0.1, -0.05) is 30.3 Å². The van der Waals surface area contributed by atoms with E-state index in [1.807, 2.05) is 7.05 Å². The van der Waals surface area contributed by atoms with Crippen LogP contribution >= 0.6 is 11.3 Å². The maximum atomic E-state index is 12.9. The molecule has 2 aliphatic rings. The number of thiophene rings is 1. The molecular formula is C29H30F3N5S. The molecule has 5 nitrogen and oxygen atoms in total. The number of alkyl halides is 3. The molecule has 9 heteroatoms. The van der Waals surface area contributed by atoms with Crippen LogP contribution in [-0.4, -0.2) is 41.8 Å². The first-order valence-corrected chi connectivity index (χ1v) is 13.9. The summed E-state index contributed by atoms with van der Waals surface area (Å²) in [6.45, 7) is 1.82. The standard InChI is InChI=1S/C29H30F3N5S/c1-36(27-25-15-24(16-29(30,31)32)38-28(25)35-18-34-27)23-11-8-21(14-23)33-17-19-6-9-22(10-7-19)37-13-12-20-4-2-3-5-26(20)37/h2-7,9-10,15,18,21,23,33H,8,11-14,16-17H2,1H3/t21-,23+/m0/s1. The van der Waals surface area contributed by atoms with E-state index in [1.54, 1.807) is 6.07 Å². The van der Waals surface area contributed by atoms with Gasteiger partial charge in [0.15, 0.2) is 0 Å². The third-order valence-corrected chi connectivity index (χ3v) is 8.79. The van der Waals surface area contributed by atoms with Crippen LogP contribution in [0.5, 0.6) is 0 Å². The molecule has 2 atom stereocenters. The molecule has 0 saturated heterocycles.